The van der Waals surface area contributed by atoms with Gasteiger partial charge in [-0.15, -0.1) is 0 Å². The predicted molar refractivity (Wildman–Crippen MR) is 72.9 cm³/mol. The first-order valence-electron chi connectivity index (χ1n) is 6.18. The highest BCUT2D eigenvalue weighted by atomic mass is 35.5. The number of hydrogen-bond donors (Lipinski definition) is 1. The molecule has 0 aliphatic carbocycles. The van der Waals surface area contributed by atoms with Gasteiger partial charge in [-0.05, 0) is 29.8 Å². The summed E-state index contributed by atoms with van der Waals surface area (Å²) in [6, 6.07) is 9.25. The molecule has 1 unspecified atom stereocenters. The van der Waals surface area contributed by atoms with Crippen molar-refractivity contribution in [3.63, 3.8) is 0 Å². The molecule has 3 nitrogen and oxygen atoms in total. The van der Waals surface area contributed by atoms with E-state index in [0.717, 1.165) is 0 Å². The molecule has 0 amide bonds. The fourth-order valence-corrected chi connectivity index (χ4v) is 2.29. The zero-order valence-electron chi connectivity index (χ0n) is 10.5. The monoisotopic (exact) mass is 294 g/mol. The van der Waals surface area contributed by atoms with Crippen LogP contribution in [0, 0.1) is 5.82 Å². The quantitative estimate of drug-likeness (QED) is 0.923. The van der Waals surface area contributed by atoms with Gasteiger partial charge in [0.05, 0.1) is 0 Å². The van der Waals surface area contributed by atoms with Crippen LogP contribution >= 0.6 is 11.6 Å². The van der Waals surface area contributed by atoms with E-state index in [1.165, 1.54) is 12.1 Å². The normalized spacial score (nSPS) is 14.9. The molecule has 0 spiro atoms. The maximum atomic E-state index is 13.8. The van der Waals surface area contributed by atoms with E-state index in [9.17, 15) is 9.50 Å². The van der Waals surface area contributed by atoms with Crippen molar-refractivity contribution in [3.8, 4) is 11.5 Å². The van der Waals surface area contributed by atoms with Gasteiger partial charge in [-0.25, -0.2) is 4.39 Å². The van der Waals surface area contributed by atoms with Crippen LogP contribution in [0.4, 0.5) is 4.39 Å². The first-order valence-corrected chi connectivity index (χ1v) is 6.55. The average molecular weight is 295 g/mol. The molecule has 0 bridgehead atoms. The Hall–Kier alpha value is -1.78. The molecule has 3 rings (SSSR count). The molecular formula is C15H12ClFO3. The molecule has 1 aliphatic rings. The molecule has 0 saturated heterocycles. The van der Waals surface area contributed by atoms with Gasteiger partial charge >= 0.3 is 0 Å². The van der Waals surface area contributed by atoms with Gasteiger partial charge in [0.15, 0.2) is 11.5 Å². The molecular weight excluding hydrogens is 283 g/mol. The summed E-state index contributed by atoms with van der Waals surface area (Å²) in [6.07, 6.45) is -1.08. The highest BCUT2D eigenvalue weighted by Crippen LogP contribution is 2.35. The lowest BCUT2D eigenvalue weighted by Gasteiger charge is -2.20. The minimum absolute atomic E-state index is 0.172. The SMILES string of the molecule is OC(c1ccc2c(c1)OCCO2)c1ccc(Cl)cc1F. The van der Waals surface area contributed by atoms with Crippen LogP contribution in [0.2, 0.25) is 5.02 Å². The van der Waals surface area contributed by atoms with Gasteiger partial charge < -0.3 is 14.6 Å². The number of aliphatic hydroxyl groups excluding tert-OH is 1. The summed E-state index contributed by atoms with van der Waals surface area (Å²) in [5.41, 5.74) is 0.710. The van der Waals surface area contributed by atoms with E-state index < -0.39 is 11.9 Å². The van der Waals surface area contributed by atoms with Gasteiger partial charge in [0.1, 0.15) is 25.1 Å². The zero-order valence-corrected chi connectivity index (χ0v) is 11.2. The number of aliphatic hydroxyl groups is 1. The van der Waals surface area contributed by atoms with Crippen molar-refractivity contribution in [1.82, 2.24) is 0 Å². The molecule has 0 fully saturated rings. The third kappa shape index (κ3) is 2.44. The maximum absolute atomic E-state index is 13.8. The first-order chi connectivity index (χ1) is 9.65. The van der Waals surface area contributed by atoms with E-state index in [2.05, 4.69) is 0 Å². The van der Waals surface area contributed by atoms with Crippen LogP contribution in [0.15, 0.2) is 36.4 Å². The zero-order chi connectivity index (χ0) is 14.1. The van der Waals surface area contributed by atoms with Gasteiger partial charge in [0.2, 0.25) is 0 Å². The van der Waals surface area contributed by atoms with Crippen LogP contribution in [0.1, 0.15) is 17.2 Å². The Morgan fingerprint density at radius 3 is 2.55 bits per heavy atom. The number of halogens is 2. The predicted octanol–water partition coefficient (Wildman–Crippen LogP) is 3.33. The molecule has 5 heteroatoms. The fraction of sp³-hybridized carbons (Fsp3) is 0.200. The van der Waals surface area contributed by atoms with Crippen LogP contribution in [0.5, 0.6) is 11.5 Å². The summed E-state index contributed by atoms with van der Waals surface area (Å²) in [5.74, 6) is 0.644. The summed E-state index contributed by atoms with van der Waals surface area (Å²) < 4.78 is 24.7. The van der Waals surface area contributed by atoms with Crippen LogP contribution in [0.3, 0.4) is 0 Å². The van der Waals surface area contributed by atoms with Crippen LogP contribution in [-0.2, 0) is 0 Å². The number of ether oxygens (including phenoxy) is 2. The van der Waals surface area contributed by atoms with E-state index >= 15 is 0 Å². The Bertz CT molecular complexity index is 645. The standard InChI is InChI=1S/C15H12ClFO3/c16-10-2-3-11(12(17)8-10)15(18)9-1-4-13-14(7-9)20-6-5-19-13/h1-4,7-8,15,18H,5-6H2. The molecule has 0 aromatic heterocycles. The van der Waals surface area contributed by atoms with E-state index in [1.54, 1.807) is 24.3 Å². The molecule has 2 aromatic carbocycles. The second-order valence-corrected chi connectivity index (χ2v) is 4.91. The van der Waals surface area contributed by atoms with Crippen molar-refractivity contribution in [3.05, 3.63) is 58.4 Å². The molecule has 20 heavy (non-hydrogen) atoms. The molecule has 104 valence electrons. The Morgan fingerprint density at radius 1 is 1.05 bits per heavy atom. The van der Waals surface area contributed by atoms with Crippen molar-refractivity contribution < 1.29 is 19.0 Å². The lowest BCUT2D eigenvalue weighted by Crippen LogP contribution is -2.15. The minimum Gasteiger partial charge on any atom is -0.486 e. The summed E-state index contributed by atoms with van der Waals surface area (Å²) >= 11 is 5.70. The second-order valence-electron chi connectivity index (χ2n) is 4.47. The molecule has 1 aliphatic heterocycles. The molecule has 1 N–H and O–H groups in total. The topological polar surface area (TPSA) is 38.7 Å². The largest absolute Gasteiger partial charge is 0.486 e. The Kier molecular flexibility index (Phi) is 3.51. The molecule has 1 heterocycles. The van der Waals surface area contributed by atoms with Crippen molar-refractivity contribution in [2.24, 2.45) is 0 Å². The molecule has 1 atom stereocenters. The molecule has 2 aromatic rings. The van der Waals surface area contributed by atoms with Crippen LogP contribution in [-0.4, -0.2) is 18.3 Å². The van der Waals surface area contributed by atoms with Gasteiger partial charge in [-0.1, -0.05) is 23.7 Å². The average Bonchev–Trinajstić information content (AvgIpc) is 2.46. The number of fused-ring (bicyclic) bond motifs is 1. The first kappa shape index (κ1) is 13.2. The smallest absolute Gasteiger partial charge is 0.161 e. The summed E-state index contributed by atoms with van der Waals surface area (Å²) in [4.78, 5) is 0. The van der Waals surface area contributed by atoms with E-state index in [1.807, 2.05) is 0 Å². The van der Waals surface area contributed by atoms with Crippen molar-refractivity contribution in [2.75, 3.05) is 13.2 Å². The lowest BCUT2D eigenvalue weighted by molar-refractivity contribution is 0.169. The summed E-state index contributed by atoms with van der Waals surface area (Å²) in [6.45, 7) is 0.961. The van der Waals surface area contributed by atoms with Crippen molar-refractivity contribution in [1.29, 1.82) is 0 Å². The Labute approximate surface area is 120 Å². The third-order valence-electron chi connectivity index (χ3n) is 3.14. The summed E-state index contributed by atoms with van der Waals surface area (Å²) in [5, 5.41) is 10.6. The van der Waals surface area contributed by atoms with Crippen molar-refractivity contribution in [2.45, 2.75) is 6.10 Å². The molecule has 0 saturated carbocycles. The van der Waals surface area contributed by atoms with Gasteiger partial charge in [0, 0.05) is 10.6 Å². The van der Waals surface area contributed by atoms with Crippen molar-refractivity contribution >= 4 is 11.6 Å². The van der Waals surface area contributed by atoms with Gasteiger partial charge in [-0.2, -0.15) is 0 Å². The van der Waals surface area contributed by atoms with Crippen LogP contribution in [0.25, 0.3) is 0 Å². The van der Waals surface area contributed by atoms with E-state index in [-0.39, 0.29) is 5.56 Å². The Morgan fingerprint density at radius 2 is 1.80 bits per heavy atom. The fourth-order valence-electron chi connectivity index (χ4n) is 2.13. The highest BCUT2D eigenvalue weighted by Gasteiger charge is 2.19. The second kappa shape index (κ2) is 5.31. The number of hydrogen-bond acceptors (Lipinski definition) is 3. The van der Waals surface area contributed by atoms with Crippen LogP contribution < -0.4 is 9.47 Å². The number of benzene rings is 2. The van der Waals surface area contributed by atoms with E-state index in [0.29, 0.717) is 35.3 Å². The van der Waals surface area contributed by atoms with E-state index in [4.69, 9.17) is 21.1 Å². The third-order valence-corrected chi connectivity index (χ3v) is 3.37. The Balaban J connectivity index is 1.95. The summed E-state index contributed by atoms with van der Waals surface area (Å²) in [7, 11) is 0. The highest BCUT2D eigenvalue weighted by molar-refractivity contribution is 6.30. The molecule has 0 radical (unpaired) electrons. The van der Waals surface area contributed by atoms with Gasteiger partial charge in [-0.3, -0.25) is 0 Å². The minimum atomic E-state index is -1.08. The van der Waals surface area contributed by atoms with Gasteiger partial charge in [0.25, 0.3) is 0 Å². The maximum Gasteiger partial charge on any atom is 0.161 e. The number of rotatable bonds is 2. The lowest BCUT2D eigenvalue weighted by atomic mass is 10.0.